The average Bonchev–Trinajstić information content (AvgIpc) is 3.30. The van der Waals surface area contributed by atoms with Crippen molar-refractivity contribution in [3.8, 4) is 0 Å². The number of carbonyl (C=O) groups is 2. The second kappa shape index (κ2) is 10.2. The highest BCUT2D eigenvalue weighted by Gasteiger charge is 2.45. The van der Waals surface area contributed by atoms with Crippen LogP contribution in [-0.2, 0) is 16.1 Å². The molecule has 2 unspecified atom stereocenters. The molecule has 3 N–H and O–H groups in total. The number of likely N-dealkylation sites (tertiary alicyclic amines) is 1. The summed E-state index contributed by atoms with van der Waals surface area (Å²) in [5.74, 6) is 1.01. The van der Waals surface area contributed by atoms with Crippen LogP contribution < -0.4 is 11.1 Å². The number of nitrogens with one attached hydrogen (secondary N) is 1. The normalized spacial score (nSPS) is 25.1. The van der Waals surface area contributed by atoms with Crippen LogP contribution in [0.15, 0.2) is 17.5 Å². The number of nitrogens with two attached hydrogens (primary N) is 1. The van der Waals surface area contributed by atoms with Gasteiger partial charge in [-0.25, -0.2) is 0 Å². The predicted molar refractivity (Wildman–Crippen MR) is 120 cm³/mol. The Balaban J connectivity index is 1.49. The Morgan fingerprint density at radius 3 is 2.67 bits per heavy atom. The summed E-state index contributed by atoms with van der Waals surface area (Å²) in [6.45, 7) is 3.55. The van der Waals surface area contributed by atoms with E-state index in [1.807, 2.05) is 4.90 Å². The molecule has 2 aliphatic carbocycles. The first-order valence-corrected chi connectivity index (χ1v) is 12.6. The van der Waals surface area contributed by atoms with Crippen LogP contribution in [0.2, 0.25) is 0 Å². The van der Waals surface area contributed by atoms with Crippen molar-refractivity contribution < 1.29 is 9.59 Å². The topological polar surface area (TPSA) is 78.7 Å². The molecule has 1 saturated heterocycles. The maximum Gasteiger partial charge on any atom is 0.242 e. The van der Waals surface area contributed by atoms with Crippen molar-refractivity contribution >= 4 is 23.2 Å². The summed E-state index contributed by atoms with van der Waals surface area (Å²) in [5.41, 5.74) is 5.58. The van der Waals surface area contributed by atoms with Crippen LogP contribution in [0.3, 0.4) is 0 Å². The zero-order chi connectivity index (χ0) is 20.9. The highest BCUT2D eigenvalue weighted by molar-refractivity contribution is 7.09. The Morgan fingerprint density at radius 1 is 1.20 bits per heavy atom. The lowest BCUT2D eigenvalue weighted by molar-refractivity contribution is -0.139. The summed E-state index contributed by atoms with van der Waals surface area (Å²) < 4.78 is 0. The molecule has 2 atom stereocenters. The second-order valence-electron chi connectivity index (χ2n) is 9.26. The van der Waals surface area contributed by atoms with Crippen LogP contribution in [0.25, 0.3) is 0 Å². The Labute approximate surface area is 184 Å². The fraction of sp³-hybridized carbons (Fsp3) is 0.739. The summed E-state index contributed by atoms with van der Waals surface area (Å²) in [5, 5.41) is 5.06. The zero-order valence-electron chi connectivity index (χ0n) is 17.9. The molecule has 166 valence electrons. The van der Waals surface area contributed by atoms with E-state index in [-0.39, 0.29) is 29.8 Å². The van der Waals surface area contributed by atoms with Crippen LogP contribution in [0.4, 0.5) is 0 Å². The lowest BCUT2D eigenvalue weighted by atomic mass is 9.88. The fourth-order valence-electron chi connectivity index (χ4n) is 5.10. The van der Waals surface area contributed by atoms with Crippen molar-refractivity contribution in [3.05, 3.63) is 22.4 Å². The molecular formula is C23H36N4O2S. The minimum atomic E-state index is -0.355. The SMILES string of the molecule is NCCNC(=O)C1CC(N(Cc2cccs2)CC2CCCCC2)CN1C(=O)C1CC1. The number of rotatable bonds is 9. The number of carbonyl (C=O) groups excluding carboxylic acids is 2. The molecule has 1 aromatic heterocycles. The molecule has 3 aliphatic rings. The standard InChI is InChI=1S/C23H36N4O2S/c24-10-11-25-22(28)21-13-19(15-27(21)23(29)18-8-9-18)26(16-20-7-4-12-30-20)14-17-5-2-1-3-6-17/h4,7,12,17-19,21H,1-3,5-6,8-11,13-16,24H2,(H,25,28). The molecule has 0 radical (unpaired) electrons. The molecule has 4 rings (SSSR count). The lowest BCUT2D eigenvalue weighted by Gasteiger charge is -2.33. The van der Waals surface area contributed by atoms with Crippen molar-refractivity contribution in [3.63, 3.8) is 0 Å². The number of nitrogens with zero attached hydrogens (tertiary/aromatic N) is 2. The van der Waals surface area contributed by atoms with Gasteiger partial charge in [-0.3, -0.25) is 14.5 Å². The second-order valence-corrected chi connectivity index (χ2v) is 10.3. The monoisotopic (exact) mass is 432 g/mol. The molecule has 2 amide bonds. The predicted octanol–water partition coefficient (Wildman–Crippen LogP) is 2.58. The molecule has 0 bridgehead atoms. The molecule has 2 saturated carbocycles. The molecule has 6 nitrogen and oxygen atoms in total. The van der Waals surface area contributed by atoms with Gasteiger partial charge in [-0.05, 0) is 49.5 Å². The van der Waals surface area contributed by atoms with Gasteiger partial charge < -0.3 is 16.0 Å². The molecule has 30 heavy (non-hydrogen) atoms. The highest BCUT2D eigenvalue weighted by Crippen LogP contribution is 2.36. The summed E-state index contributed by atoms with van der Waals surface area (Å²) in [7, 11) is 0. The third kappa shape index (κ3) is 5.42. The summed E-state index contributed by atoms with van der Waals surface area (Å²) >= 11 is 1.80. The van der Waals surface area contributed by atoms with E-state index in [2.05, 4.69) is 27.7 Å². The van der Waals surface area contributed by atoms with Crippen LogP contribution in [0, 0.1) is 11.8 Å². The van der Waals surface area contributed by atoms with Gasteiger partial charge in [0.15, 0.2) is 0 Å². The molecule has 0 aromatic carbocycles. The first-order chi connectivity index (χ1) is 14.7. The van der Waals surface area contributed by atoms with Crippen molar-refractivity contribution in [2.75, 3.05) is 26.2 Å². The van der Waals surface area contributed by atoms with Gasteiger partial charge in [-0.1, -0.05) is 25.3 Å². The largest absolute Gasteiger partial charge is 0.353 e. The van der Waals surface area contributed by atoms with Gasteiger partial charge >= 0.3 is 0 Å². The minimum Gasteiger partial charge on any atom is -0.353 e. The summed E-state index contributed by atoms with van der Waals surface area (Å²) in [6.07, 6.45) is 9.30. The van der Waals surface area contributed by atoms with Crippen molar-refractivity contribution in [1.82, 2.24) is 15.1 Å². The van der Waals surface area contributed by atoms with E-state index >= 15 is 0 Å². The minimum absolute atomic E-state index is 0.0364. The Morgan fingerprint density at radius 2 is 2.00 bits per heavy atom. The van der Waals surface area contributed by atoms with Crippen LogP contribution in [0.1, 0.15) is 56.2 Å². The summed E-state index contributed by atoms with van der Waals surface area (Å²) in [6, 6.07) is 4.20. The molecule has 1 aliphatic heterocycles. The van der Waals surface area contributed by atoms with Gasteiger partial charge in [0.25, 0.3) is 0 Å². The Hall–Kier alpha value is -1.44. The van der Waals surface area contributed by atoms with E-state index in [0.717, 1.165) is 38.3 Å². The third-order valence-electron chi connectivity index (χ3n) is 6.91. The van der Waals surface area contributed by atoms with E-state index in [1.54, 1.807) is 11.3 Å². The molecule has 0 spiro atoms. The molecule has 3 fully saturated rings. The smallest absolute Gasteiger partial charge is 0.242 e. The van der Waals surface area contributed by atoms with E-state index < -0.39 is 0 Å². The maximum absolute atomic E-state index is 13.0. The fourth-order valence-corrected chi connectivity index (χ4v) is 5.82. The summed E-state index contributed by atoms with van der Waals surface area (Å²) in [4.78, 5) is 31.7. The van der Waals surface area contributed by atoms with Gasteiger partial charge in [-0.15, -0.1) is 11.3 Å². The quantitative estimate of drug-likeness (QED) is 0.629. The third-order valence-corrected chi connectivity index (χ3v) is 7.77. The Kier molecular flexibility index (Phi) is 7.44. The zero-order valence-corrected chi connectivity index (χ0v) is 18.7. The van der Waals surface area contributed by atoms with Crippen LogP contribution in [0.5, 0.6) is 0 Å². The van der Waals surface area contributed by atoms with Crippen LogP contribution in [-0.4, -0.2) is 59.9 Å². The molecular weight excluding hydrogens is 396 g/mol. The van der Waals surface area contributed by atoms with E-state index in [1.165, 1.54) is 37.0 Å². The number of hydrogen-bond donors (Lipinski definition) is 2. The van der Waals surface area contributed by atoms with Crippen molar-refractivity contribution in [2.45, 2.75) is 70.0 Å². The van der Waals surface area contributed by atoms with Gasteiger partial charge in [0.2, 0.25) is 11.8 Å². The average molecular weight is 433 g/mol. The maximum atomic E-state index is 13.0. The molecule has 2 heterocycles. The van der Waals surface area contributed by atoms with Gasteiger partial charge in [0.05, 0.1) is 0 Å². The molecule has 1 aromatic rings. The number of thiophene rings is 1. The van der Waals surface area contributed by atoms with Gasteiger partial charge in [0.1, 0.15) is 6.04 Å². The molecule has 7 heteroatoms. The number of amides is 2. The first kappa shape index (κ1) is 21.8. The van der Waals surface area contributed by atoms with E-state index in [4.69, 9.17) is 5.73 Å². The van der Waals surface area contributed by atoms with Crippen molar-refractivity contribution in [2.24, 2.45) is 17.6 Å². The Bertz CT molecular complexity index is 700. The van der Waals surface area contributed by atoms with Crippen molar-refractivity contribution in [1.29, 1.82) is 0 Å². The van der Waals surface area contributed by atoms with Gasteiger partial charge in [0, 0.05) is 49.6 Å². The number of hydrogen-bond acceptors (Lipinski definition) is 5. The van der Waals surface area contributed by atoms with E-state index in [0.29, 0.717) is 19.6 Å². The van der Waals surface area contributed by atoms with E-state index in [9.17, 15) is 9.59 Å². The first-order valence-electron chi connectivity index (χ1n) is 11.7. The lowest BCUT2D eigenvalue weighted by Crippen LogP contribution is -2.47. The highest BCUT2D eigenvalue weighted by atomic mass is 32.1. The van der Waals surface area contributed by atoms with Crippen LogP contribution >= 0.6 is 11.3 Å². The van der Waals surface area contributed by atoms with Gasteiger partial charge in [-0.2, -0.15) is 0 Å².